The third kappa shape index (κ3) is 1.50. The highest BCUT2D eigenvalue weighted by Crippen LogP contribution is 2.33. The summed E-state index contributed by atoms with van der Waals surface area (Å²) in [6, 6.07) is 14.1. The van der Waals surface area contributed by atoms with Gasteiger partial charge in [-0.1, -0.05) is 41.9 Å². The molecule has 4 aromatic rings. The molecule has 0 aliphatic heterocycles. The van der Waals surface area contributed by atoms with Gasteiger partial charge in [0.15, 0.2) is 0 Å². The Balaban J connectivity index is 2.43. The van der Waals surface area contributed by atoms with Gasteiger partial charge in [0, 0.05) is 28.2 Å². The normalized spacial score (nSPS) is 11.4. The topological polar surface area (TPSA) is 25.8 Å². The summed E-state index contributed by atoms with van der Waals surface area (Å²) in [6.07, 6.45) is 3.46. The van der Waals surface area contributed by atoms with E-state index >= 15 is 0 Å². The van der Waals surface area contributed by atoms with E-state index in [-0.39, 0.29) is 0 Å². The molecule has 1 aromatic heterocycles. The first-order valence-electron chi connectivity index (χ1n) is 6.05. The first-order valence-corrected chi connectivity index (χ1v) is 6.43. The van der Waals surface area contributed by atoms with Gasteiger partial charge in [-0.05, 0) is 22.9 Å². The first-order chi connectivity index (χ1) is 9.34. The first kappa shape index (κ1) is 10.7. The van der Waals surface area contributed by atoms with Crippen LogP contribution in [-0.4, -0.2) is 9.97 Å². The highest BCUT2D eigenvalue weighted by molar-refractivity contribution is 6.33. The van der Waals surface area contributed by atoms with E-state index in [4.69, 9.17) is 11.6 Å². The van der Waals surface area contributed by atoms with Crippen LogP contribution in [0.3, 0.4) is 0 Å². The SMILES string of the molecule is Clc1ccc2c(c1)c1ccccc1c1nccnc21. The lowest BCUT2D eigenvalue weighted by Crippen LogP contribution is -1.87. The Kier molecular flexibility index (Phi) is 2.20. The molecule has 0 radical (unpaired) electrons. The molecule has 0 bridgehead atoms. The lowest BCUT2D eigenvalue weighted by Gasteiger charge is -2.08. The molecule has 4 rings (SSSR count). The van der Waals surface area contributed by atoms with Crippen LogP contribution < -0.4 is 0 Å². The monoisotopic (exact) mass is 264 g/mol. The largest absolute Gasteiger partial charge is 0.252 e. The van der Waals surface area contributed by atoms with Crippen molar-refractivity contribution in [1.29, 1.82) is 0 Å². The summed E-state index contributed by atoms with van der Waals surface area (Å²) in [5.74, 6) is 0. The summed E-state index contributed by atoms with van der Waals surface area (Å²) in [5.41, 5.74) is 1.86. The molecule has 0 atom stereocenters. The third-order valence-corrected chi connectivity index (χ3v) is 3.64. The Labute approximate surface area is 114 Å². The molecule has 0 spiro atoms. The van der Waals surface area contributed by atoms with Crippen LogP contribution >= 0.6 is 11.6 Å². The molecule has 0 amide bonds. The predicted octanol–water partition coefficient (Wildman–Crippen LogP) is 4.59. The Morgan fingerprint density at radius 2 is 1.32 bits per heavy atom. The zero-order valence-corrected chi connectivity index (χ0v) is 10.7. The molecule has 3 aromatic carbocycles. The maximum absolute atomic E-state index is 6.13. The lowest BCUT2D eigenvalue weighted by molar-refractivity contribution is 1.31. The van der Waals surface area contributed by atoms with Crippen molar-refractivity contribution in [3.8, 4) is 0 Å². The van der Waals surface area contributed by atoms with Crippen molar-refractivity contribution in [2.45, 2.75) is 0 Å². The minimum absolute atomic E-state index is 0.737. The Hall–Kier alpha value is -2.19. The van der Waals surface area contributed by atoms with Crippen LogP contribution in [0.25, 0.3) is 32.6 Å². The van der Waals surface area contributed by atoms with E-state index in [1.165, 1.54) is 0 Å². The van der Waals surface area contributed by atoms with Crippen LogP contribution in [0.2, 0.25) is 5.02 Å². The maximum atomic E-state index is 6.13. The molecule has 0 aliphatic rings. The van der Waals surface area contributed by atoms with Gasteiger partial charge >= 0.3 is 0 Å². The molecule has 3 heteroatoms. The Morgan fingerprint density at radius 1 is 0.684 bits per heavy atom. The summed E-state index contributed by atoms with van der Waals surface area (Å²) in [5, 5.41) is 5.22. The van der Waals surface area contributed by atoms with Crippen molar-refractivity contribution < 1.29 is 0 Å². The molecular formula is C16H9ClN2. The van der Waals surface area contributed by atoms with Crippen molar-refractivity contribution in [3.63, 3.8) is 0 Å². The minimum atomic E-state index is 0.737. The van der Waals surface area contributed by atoms with Crippen LogP contribution in [0.1, 0.15) is 0 Å². The van der Waals surface area contributed by atoms with E-state index in [1.807, 2.05) is 30.3 Å². The van der Waals surface area contributed by atoms with Crippen LogP contribution in [0, 0.1) is 0 Å². The average Bonchev–Trinajstić information content (AvgIpc) is 2.47. The number of benzene rings is 3. The summed E-state index contributed by atoms with van der Waals surface area (Å²) < 4.78 is 0. The highest BCUT2D eigenvalue weighted by atomic mass is 35.5. The van der Waals surface area contributed by atoms with Gasteiger partial charge < -0.3 is 0 Å². The molecule has 2 nitrogen and oxygen atoms in total. The van der Waals surface area contributed by atoms with Crippen LogP contribution in [0.4, 0.5) is 0 Å². The molecular weight excluding hydrogens is 256 g/mol. The van der Waals surface area contributed by atoms with Crippen molar-refractivity contribution in [1.82, 2.24) is 9.97 Å². The summed E-state index contributed by atoms with van der Waals surface area (Å²) >= 11 is 6.13. The molecule has 0 saturated carbocycles. The van der Waals surface area contributed by atoms with E-state index in [0.717, 1.165) is 37.6 Å². The summed E-state index contributed by atoms with van der Waals surface area (Å²) in [4.78, 5) is 8.97. The summed E-state index contributed by atoms with van der Waals surface area (Å²) in [6.45, 7) is 0. The van der Waals surface area contributed by atoms with Gasteiger partial charge in [0.2, 0.25) is 0 Å². The number of rotatable bonds is 0. The van der Waals surface area contributed by atoms with E-state index in [0.29, 0.717) is 0 Å². The van der Waals surface area contributed by atoms with Crippen molar-refractivity contribution in [2.75, 3.05) is 0 Å². The molecule has 0 N–H and O–H groups in total. The van der Waals surface area contributed by atoms with Gasteiger partial charge in [-0.15, -0.1) is 0 Å². The Bertz CT molecular complexity index is 896. The van der Waals surface area contributed by atoms with Crippen LogP contribution in [-0.2, 0) is 0 Å². The second-order valence-corrected chi connectivity index (χ2v) is 4.93. The van der Waals surface area contributed by atoms with E-state index in [1.54, 1.807) is 12.4 Å². The zero-order chi connectivity index (χ0) is 12.8. The quantitative estimate of drug-likeness (QED) is 0.434. The summed E-state index contributed by atoms with van der Waals surface area (Å²) in [7, 11) is 0. The van der Waals surface area contributed by atoms with Crippen molar-refractivity contribution >= 4 is 44.2 Å². The number of hydrogen-bond donors (Lipinski definition) is 0. The van der Waals surface area contributed by atoms with Crippen molar-refractivity contribution in [2.24, 2.45) is 0 Å². The molecule has 0 saturated heterocycles. The second kappa shape index (κ2) is 3.90. The average molecular weight is 265 g/mol. The number of hydrogen-bond acceptors (Lipinski definition) is 2. The third-order valence-electron chi connectivity index (χ3n) is 3.41. The van der Waals surface area contributed by atoms with Gasteiger partial charge in [0.1, 0.15) is 0 Å². The van der Waals surface area contributed by atoms with E-state index in [9.17, 15) is 0 Å². The van der Waals surface area contributed by atoms with Crippen LogP contribution in [0.15, 0.2) is 54.9 Å². The van der Waals surface area contributed by atoms with E-state index < -0.39 is 0 Å². The van der Waals surface area contributed by atoms with Crippen LogP contribution in [0.5, 0.6) is 0 Å². The van der Waals surface area contributed by atoms with Gasteiger partial charge in [0.25, 0.3) is 0 Å². The number of nitrogens with zero attached hydrogens (tertiary/aromatic N) is 2. The molecule has 0 aliphatic carbocycles. The standard InChI is InChI=1S/C16H9ClN2/c17-10-5-6-13-14(9-10)11-3-1-2-4-12(11)15-16(13)19-8-7-18-15/h1-9H. The lowest BCUT2D eigenvalue weighted by atomic mass is 10.00. The fourth-order valence-electron chi connectivity index (χ4n) is 2.60. The van der Waals surface area contributed by atoms with Crippen molar-refractivity contribution in [3.05, 3.63) is 59.9 Å². The fraction of sp³-hybridized carbons (Fsp3) is 0. The minimum Gasteiger partial charge on any atom is -0.252 e. The van der Waals surface area contributed by atoms with Gasteiger partial charge in [0.05, 0.1) is 11.0 Å². The van der Waals surface area contributed by atoms with E-state index in [2.05, 4.69) is 22.1 Å². The maximum Gasteiger partial charge on any atom is 0.0971 e. The molecule has 0 unspecified atom stereocenters. The smallest absolute Gasteiger partial charge is 0.0971 e. The number of aromatic nitrogens is 2. The number of halogens is 1. The van der Waals surface area contributed by atoms with Gasteiger partial charge in [-0.3, -0.25) is 9.97 Å². The second-order valence-electron chi connectivity index (χ2n) is 4.49. The fourth-order valence-corrected chi connectivity index (χ4v) is 2.77. The molecule has 0 fully saturated rings. The zero-order valence-electron chi connectivity index (χ0n) is 9.97. The van der Waals surface area contributed by atoms with Gasteiger partial charge in [-0.25, -0.2) is 0 Å². The number of fused-ring (bicyclic) bond motifs is 6. The Morgan fingerprint density at radius 3 is 2.05 bits per heavy atom. The molecule has 19 heavy (non-hydrogen) atoms. The molecule has 90 valence electrons. The highest BCUT2D eigenvalue weighted by Gasteiger charge is 2.09. The molecule has 1 heterocycles. The van der Waals surface area contributed by atoms with Gasteiger partial charge in [-0.2, -0.15) is 0 Å². The predicted molar refractivity (Wildman–Crippen MR) is 79.6 cm³/mol.